The average Bonchev–Trinajstić information content (AvgIpc) is 2.72. The molecule has 0 bridgehead atoms. The predicted molar refractivity (Wildman–Crippen MR) is 122 cm³/mol. The zero-order chi connectivity index (χ0) is 22.1. The Balaban J connectivity index is 2.04. The van der Waals surface area contributed by atoms with Crippen molar-refractivity contribution in [3.63, 3.8) is 0 Å². The number of benzene rings is 2. The van der Waals surface area contributed by atoms with Crippen molar-refractivity contribution in [2.45, 2.75) is 39.1 Å². The summed E-state index contributed by atoms with van der Waals surface area (Å²) in [6.45, 7) is 6.67. The third-order valence-corrected chi connectivity index (χ3v) is 5.77. The Morgan fingerprint density at radius 3 is 2.23 bits per heavy atom. The van der Waals surface area contributed by atoms with Gasteiger partial charge in [-0.2, -0.15) is 0 Å². The Morgan fingerprint density at radius 2 is 1.63 bits per heavy atom. The van der Waals surface area contributed by atoms with Gasteiger partial charge in [-0.25, -0.2) is 4.39 Å². The number of nitrogens with one attached hydrogen (secondary N) is 1. The van der Waals surface area contributed by atoms with Gasteiger partial charge >= 0.3 is 0 Å². The van der Waals surface area contributed by atoms with Crippen LogP contribution in [-0.2, 0) is 21.9 Å². The minimum atomic E-state index is -0.599. The highest BCUT2D eigenvalue weighted by Gasteiger charge is 2.26. The Morgan fingerprint density at radius 1 is 1.03 bits per heavy atom. The van der Waals surface area contributed by atoms with Crippen LogP contribution >= 0.6 is 23.4 Å². The Labute approximate surface area is 187 Å². The number of carbonyl (C=O) groups excluding carboxylic acids is 2. The maximum atomic E-state index is 13.0. The summed E-state index contributed by atoms with van der Waals surface area (Å²) in [7, 11) is 0. The van der Waals surface area contributed by atoms with Gasteiger partial charge in [0.2, 0.25) is 11.8 Å². The monoisotopic (exact) mass is 450 g/mol. The summed E-state index contributed by atoms with van der Waals surface area (Å²) in [5.74, 6) is 0.573. The largest absolute Gasteiger partial charge is 0.354 e. The van der Waals surface area contributed by atoms with Crippen molar-refractivity contribution in [2.24, 2.45) is 5.92 Å². The Hall–Kier alpha value is -2.05. The van der Waals surface area contributed by atoms with Crippen molar-refractivity contribution < 1.29 is 14.0 Å². The minimum absolute atomic E-state index is 0.121. The molecule has 2 aromatic carbocycles. The fourth-order valence-corrected chi connectivity index (χ4v) is 3.74. The van der Waals surface area contributed by atoms with Gasteiger partial charge in [0.15, 0.2) is 0 Å². The molecule has 0 radical (unpaired) electrons. The van der Waals surface area contributed by atoms with E-state index in [0.717, 1.165) is 11.1 Å². The van der Waals surface area contributed by atoms with E-state index < -0.39 is 6.04 Å². The van der Waals surface area contributed by atoms with Crippen LogP contribution in [0, 0.1) is 11.7 Å². The lowest BCUT2D eigenvalue weighted by Crippen LogP contribution is -2.48. The van der Waals surface area contributed by atoms with Gasteiger partial charge in [-0.05, 0) is 48.2 Å². The van der Waals surface area contributed by atoms with Crippen molar-refractivity contribution in [3.8, 4) is 0 Å². The van der Waals surface area contributed by atoms with Gasteiger partial charge in [0.25, 0.3) is 0 Å². The van der Waals surface area contributed by atoms with E-state index in [-0.39, 0.29) is 23.4 Å². The van der Waals surface area contributed by atoms with E-state index in [2.05, 4.69) is 5.32 Å². The first kappa shape index (κ1) is 24.2. The first-order valence-electron chi connectivity index (χ1n) is 9.90. The minimum Gasteiger partial charge on any atom is -0.354 e. The molecule has 0 aliphatic heterocycles. The molecule has 2 rings (SSSR count). The number of thioether (sulfide) groups is 1. The Kier molecular flexibility index (Phi) is 9.66. The van der Waals surface area contributed by atoms with Crippen molar-refractivity contribution in [1.29, 1.82) is 0 Å². The molecule has 0 aliphatic carbocycles. The summed E-state index contributed by atoms with van der Waals surface area (Å²) in [6, 6.07) is 12.9. The lowest BCUT2D eigenvalue weighted by Gasteiger charge is -2.29. The topological polar surface area (TPSA) is 49.4 Å². The number of carbonyl (C=O) groups is 2. The first-order valence-corrected chi connectivity index (χ1v) is 11.4. The van der Waals surface area contributed by atoms with Crippen molar-refractivity contribution in [1.82, 2.24) is 10.2 Å². The maximum Gasteiger partial charge on any atom is 0.242 e. The van der Waals surface area contributed by atoms with Crippen molar-refractivity contribution >= 4 is 35.2 Å². The van der Waals surface area contributed by atoms with Crippen LogP contribution in [-0.4, -0.2) is 35.1 Å². The number of rotatable bonds is 10. The predicted octanol–water partition coefficient (Wildman–Crippen LogP) is 4.90. The van der Waals surface area contributed by atoms with Crippen LogP contribution in [0.1, 0.15) is 31.9 Å². The van der Waals surface area contributed by atoms with E-state index in [0.29, 0.717) is 29.8 Å². The average molecular weight is 451 g/mol. The summed E-state index contributed by atoms with van der Waals surface area (Å²) in [4.78, 5) is 27.2. The second-order valence-corrected chi connectivity index (χ2v) is 9.00. The third kappa shape index (κ3) is 8.00. The van der Waals surface area contributed by atoms with E-state index >= 15 is 0 Å². The summed E-state index contributed by atoms with van der Waals surface area (Å²) in [5.41, 5.74) is 1.85. The smallest absolute Gasteiger partial charge is 0.242 e. The van der Waals surface area contributed by atoms with Crippen LogP contribution in [0.3, 0.4) is 0 Å². The summed E-state index contributed by atoms with van der Waals surface area (Å²) in [5, 5.41) is 3.52. The summed E-state index contributed by atoms with van der Waals surface area (Å²) >= 11 is 7.40. The molecule has 0 aliphatic rings. The Bertz CT molecular complexity index is 828. The molecule has 0 spiro atoms. The molecule has 0 saturated heterocycles. The quantitative estimate of drug-likeness (QED) is 0.560. The first-order chi connectivity index (χ1) is 14.3. The SMILES string of the molecule is CC(C)CNC(=O)[C@@H](C)N(Cc1ccc(Cl)cc1)C(=O)CSCc1ccc(F)cc1. The van der Waals surface area contributed by atoms with Gasteiger partial charge < -0.3 is 10.2 Å². The van der Waals surface area contributed by atoms with Crippen LogP contribution in [0.15, 0.2) is 48.5 Å². The van der Waals surface area contributed by atoms with Gasteiger partial charge in [0.05, 0.1) is 5.75 Å². The highest BCUT2D eigenvalue weighted by molar-refractivity contribution is 7.99. The summed E-state index contributed by atoms with van der Waals surface area (Å²) in [6.07, 6.45) is 0. The van der Waals surface area contributed by atoms with Crippen LogP contribution in [0.25, 0.3) is 0 Å². The van der Waals surface area contributed by atoms with E-state index in [1.807, 2.05) is 26.0 Å². The number of hydrogen-bond acceptors (Lipinski definition) is 3. The molecule has 0 aromatic heterocycles. The normalized spacial score (nSPS) is 11.9. The van der Waals surface area contributed by atoms with Gasteiger partial charge in [0, 0.05) is 23.9 Å². The summed E-state index contributed by atoms with van der Waals surface area (Å²) < 4.78 is 13.0. The molecule has 2 amide bonds. The molecule has 30 heavy (non-hydrogen) atoms. The molecule has 2 aromatic rings. The molecule has 162 valence electrons. The number of nitrogens with zero attached hydrogens (tertiary/aromatic N) is 1. The fraction of sp³-hybridized carbons (Fsp3) is 0.391. The van der Waals surface area contributed by atoms with E-state index in [9.17, 15) is 14.0 Å². The zero-order valence-electron chi connectivity index (χ0n) is 17.5. The van der Waals surface area contributed by atoms with Crippen molar-refractivity contribution in [2.75, 3.05) is 12.3 Å². The lowest BCUT2D eigenvalue weighted by molar-refractivity contribution is -0.138. The van der Waals surface area contributed by atoms with E-state index in [1.165, 1.54) is 23.9 Å². The molecular formula is C23H28ClFN2O2S. The molecule has 7 heteroatoms. The molecule has 4 nitrogen and oxygen atoms in total. The van der Waals surface area contributed by atoms with Gasteiger partial charge in [0.1, 0.15) is 11.9 Å². The van der Waals surface area contributed by atoms with E-state index in [1.54, 1.807) is 36.1 Å². The van der Waals surface area contributed by atoms with Crippen LogP contribution in [0.4, 0.5) is 4.39 Å². The highest BCUT2D eigenvalue weighted by atomic mass is 35.5. The van der Waals surface area contributed by atoms with Gasteiger partial charge in [-0.3, -0.25) is 9.59 Å². The zero-order valence-corrected chi connectivity index (χ0v) is 19.1. The number of amides is 2. The molecule has 0 unspecified atom stereocenters. The van der Waals surface area contributed by atoms with Crippen LogP contribution < -0.4 is 5.32 Å². The molecule has 0 saturated carbocycles. The molecule has 1 atom stereocenters. The number of hydrogen-bond donors (Lipinski definition) is 1. The third-order valence-electron chi connectivity index (χ3n) is 4.53. The van der Waals surface area contributed by atoms with Gasteiger partial charge in [-0.1, -0.05) is 49.7 Å². The van der Waals surface area contributed by atoms with Crippen LogP contribution in [0.2, 0.25) is 5.02 Å². The standard InChI is InChI=1S/C23H28ClFN2O2S/c1-16(2)12-26-23(29)17(3)27(13-18-4-8-20(24)9-5-18)22(28)15-30-14-19-6-10-21(25)11-7-19/h4-11,16-17H,12-15H2,1-3H3,(H,26,29)/t17-/m1/s1. The number of halogens is 2. The van der Waals surface area contributed by atoms with Crippen LogP contribution in [0.5, 0.6) is 0 Å². The molecule has 1 N–H and O–H groups in total. The second-order valence-electron chi connectivity index (χ2n) is 7.58. The van der Waals surface area contributed by atoms with Gasteiger partial charge in [-0.15, -0.1) is 11.8 Å². The van der Waals surface area contributed by atoms with E-state index in [4.69, 9.17) is 11.6 Å². The maximum absolute atomic E-state index is 13.0. The molecular weight excluding hydrogens is 423 g/mol. The molecule has 0 heterocycles. The highest BCUT2D eigenvalue weighted by Crippen LogP contribution is 2.17. The van der Waals surface area contributed by atoms with Crippen molar-refractivity contribution in [3.05, 3.63) is 70.5 Å². The fourth-order valence-electron chi connectivity index (χ4n) is 2.74. The lowest BCUT2D eigenvalue weighted by atomic mass is 10.1. The second kappa shape index (κ2) is 12.0. The molecule has 0 fully saturated rings.